The first-order chi connectivity index (χ1) is 11.0. The van der Waals surface area contributed by atoms with E-state index in [0.29, 0.717) is 36.4 Å². The van der Waals surface area contributed by atoms with Crippen LogP contribution in [0.25, 0.3) is 0 Å². The summed E-state index contributed by atoms with van der Waals surface area (Å²) in [5.74, 6) is 2.21. The molecular weight excluding hydrogens is 442 g/mol. The quantitative estimate of drug-likeness (QED) is 0.295. The van der Waals surface area contributed by atoms with Gasteiger partial charge in [-0.15, -0.1) is 24.0 Å². The van der Waals surface area contributed by atoms with Gasteiger partial charge in [0.05, 0.1) is 13.0 Å². The van der Waals surface area contributed by atoms with Crippen molar-refractivity contribution < 1.29 is 27.4 Å². The molecule has 1 aliphatic heterocycles. The molecule has 0 saturated carbocycles. The summed E-state index contributed by atoms with van der Waals surface area (Å²) in [6, 6.07) is 5.23. The number of ether oxygens (including phenoxy) is 3. The number of rotatable bonds is 6. The zero-order chi connectivity index (χ0) is 16.7. The maximum absolute atomic E-state index is 12.1. The molecule has 1 aliphatic rings. The molecule has 0 aromatic heterocycles. The van der Waals surface area contributed by atoms with Gasteiger partial charge in [0.15, 0.2) is 17.5 Å². The third-order valence-corrected chi connectivity index (χ3v) is 2.93. The third kappa shape index (κ3) is 6.89. The second-order valence-electron chi connectivity index (χ2n) is 4.65. The average molecular weight is 461 g/mol. The van der Waals surface area contributed by atoms with Crippen molar-refractivity contribution in [3.8, 4) is 17.2 Å². The van der Waals surface area contributed by atoms with Crippen molar-refractivity contribution in [2.45, 2.75) is 12.6 Å². The number of hydrogen-bond donors (Lipinski definition) is 2. The van der Waals surface area contributed by atoms with E-state index in [9.17, 15) is 13.2 Å². The monoisotopic (exact) mass is 461 g/mol. The Morgan fingerprint density at radius 1 is 1.21 bits per heavy atom. The molecule has 0 atom stereocenters. The van der Waals surface area contributed by atoms with Crippen molar-refractivity contribution in [1.29, 1.82) is 0 Å². The zero-order valence-electron chi connectivity index (χ0n) is 13.0. The molecule has 1 heterocycles. The van der Waals surface area contributed by atoms with Gasteiger partial charge in [-0.2, -0.15) is 13.2 Å². The second-order valence-corrected chi connectivity index (χ2v) is 4.65. The zero-order valence-corrected chi connectivity index (χ0v) is 15.3. The van der Waals surface area contributed by atoms with Crippen molar-refractivity contribution in [2.75, 3.05) is 33.5 Å². The van der Waals surface area contributed by atoms with Crippen molar-refractivity contribution in [3.05, 3.63) is 18.2 Å². The van der Waals surface area contributed by atoms with Crippen LogP contribution in [0.15, 0.2) is 23.2 Å². The molecule has 0 amide bonds. The largest absolute Gasteiger partial charge is 0.492 e. The molecule has 24 heavy (non-hydrogen) atoms. The Hall–Kier alpha value is -1.59. The predicted octanol–water partition coefficient (Wildman–Crippen LogP) is 2.53. The minimum absolute atomic E-state index is 0. The van der Waals surface area contributed by atoms with Gasteiger partial charge in [-0.05, 0) is 12.1 Å². The standard InChI is InChI=1S/C14H18F3N3O3.HI/c1-18-13(19-5-4-14(15,16)17)20-6-7-21-10-2-3-11-12(8-10)23-9-22-11;/h2-3,8H,4-7,9H2,1H3,(H2,18,19,20);1H. The Bertz CT molecular complexity index is 556. The van der Waals surface area contributed by atoms with Gasteiger partial charge in [-0.25, -0.2) is 0 Å². The fourth-order valence-electron chi connectivity index (χ4n) is 1.85. The summed E-state index contributed by atoms with van der Waals surface area (Å²) in [7, 11) is 1.49. The minimum Gasteiger partial charge on any atom is -0.492 e. The molecular formula is C14H19F3IN3O3. The molecule has 1 aromatic carbocycles. The molecule has 0 radical (unpaired) electrons. The lowest BCUT2D eigenvalue weighted by Gasteiger charge is -2.13. The Balaban J connectivity index is 0.00000288. The first-order valence-electron chi connectivity index (χ1n) is 7.01. The molecule has 2 N–H and O–H groups in total. The van der Waals surface area contributed by atoms with Gasteiger partial charge in [-0.3, -0.25) is 4.99 Å². The average Bonchev–Trinajstić information content (AvgIpc) is 2.96. The van der Waals surface area contributed by atoms with Crippen molar-refractivity contribution >= 4 is 29.9 Å². The van der Waals surface area contributed by atoms with Crippen LogP contribution in [0.4, 0.5) is 13.2 Å². The van der Waals surface area contributed by atoms with Gasteiger partial charge < -0.3 is 24.8 Å². The van der Waals surface area contributed by atoms with Crippen molar-refractivity contribution in [1.82, 2.24) is 10.6 Å². The lowest BCUT2D eigenvalue weighted by atomic mass is 10.3. The SMILES string of the molecule is CN=C(NCCOc1ccc2c(c1)OCO2)NCCC(F)(F)F.I. The molecule has 0 saturated heterocycles. The summed E-state index contributed by atoms with van der Waals surface area (Å²) in [6.45, 7) is 0.673. The molecule has 0 aliphatic carbocycles. The van der Waals surface area contributed by atoms with E-state index in [1.54, 1.807) is 18.2 Å². The van der Waals surface area contributed by atoms with E-state index >= 15 is 0 Å². The molecule has 6 nitrogen and oxygen atoms in total. The van der Waals surface area contributed by atoms with Crippen LogP contribution in [-0.2, 0) is 0 Å². The predicted molar refractivity (Wildman–Crippen MR) is 93.5 cm³/mol. The molecule has 0 unspecified atom stereocenters. The lowest BCUT2D eigenvalue weighted by Crippen LogP contribution is -2.40. The Morgan fingerprint density at radius 3 is 2.62 bits per heavy atom. The van der Waals surface area contributed by atoms with Crippen LogP contribution in [0.1, 0.15) is 6.42 Å². The van der Waals surface area contributed by atoms with Crippen LogP contribution < -0.4 is 24.8 Å². The van der Waals surface area contributed by atoms with Gasteiger partial charge in [0.1, 0.15) is 12.4 Å². The summed E-state index contributed by atoms with van der Waals surface area (Å²) in [5.41, 5.74) is 0. The van der Waals surface area contributed by atoms with Crippen LogP contribution >= 0.6 is 24.0 Å². The number of guanidine groups is 1. The molecule has 10 heteroatoms. The maximum atomic E-state index is 12.1. The minimum atomic E-state index is -4.19. The lowest BCUT2D eigenvalue weighted by molar-refractivity contribution is -0.132. The van der Waals surface area contributed by atoms with E-state index in [1.165, 1.54) is 7.05 Å². The number of alkyl halides is 3. The van der Waals surface area contributed by atoms with E-state index in [2.05, 4.69) is 15.6 Å². The smallest absolute Gasteiger partial charge is 0.390 e. The number of aliphatic imine (C=N–C) groups is 1. The number of nitrogens with one attached hydrogen (secondary N) is 2. The van der Waals surface area contributed by atoms with Crippen molar-refractivity contribution in [2.24, 2.45) is 4.99 Å². The second kappa shape index (κ2) is 9.64. The summed E-state index contributed by atoms with van der Waals surface area (Å²) >= 11 is 0. The molecule has 0 fully saturated rings. The topological polar surface area (TPSA) is 64.1 Å². The number of benzene rings is 1. The number of fused-ring (bicyclic) bond motifs is 1. The fraction of sp³-hybridized carbons (Fsp3) is 0.500. The first-order valence-corrected chi connectivity index (χ1v) is 7.01. The van der Waals surface area contributed by atoms with Gasteiger partial charge in [0.2, 0.25) is 6.79 Å². The highest BCUT2D eigenvalue weighted by Crippen LogP contribution is 2.34. The molecule has 2 rings (SSSR count). The summed E-state index contributed by atoms with van der Waals surface area (Å²) in [6.07, 6.45) is -5.10. The highest BCUT2D eigenvalue weighted by atomic mass is 127. The van der Waals surface area contributed by atoms with Gasteiger partial charge in [-0.1, -0.05) is 0 Å². The van der Waals surface area contributed by atoms with Crippen LogP contribution in [0.3, 0.4) is 0 Å². The summed E-state index contributed by atoms with van der Waals surface area (Å²) in [5, 5.41) is 5.45. The highest BCUT2D eigenvalue weighted by Gasteiger charge is 2.26. The van der Waals surface area contributed by atoms with Crippen LogP contribution in [0.5, 0.6) is 17.2 Å². The fourth-order valence-corrected chi connectivity index (χ4v) is 1.85. The molecule has 0 bridgehead atoms. The van der Waals surface area contributed by atoms with Gasteiger partial charge >= 0.3 is 6.18 Å². The van der Waals surface area contributed by atoms with Crippen molar-refractivity contribution in [3.63, 3.8) is 0 Å². The Labute approximate surface area is 154 Å². The van der Waals surface area contributed by atoms with Crippen LogP contribution in [-0.4, -0.2) is 45.7 Å². The molecule has 136 valence electrons. The maximum Gasteiger partial charge on any atom is 0.390 e. The van der Waals surface area contributed by atoms with E-state index in [1.807, 2.05) is 0 Å². The first kappa shape index (κ1) is 20.5. The third-order valence-electron chi connectivity index (χ3n) is 2.93. The number of hydrogen-bond acceptors (Lipinski definition) is 4. The Morgan fingerprint density at radius 2 is 1.92 bits per heavy atom. The molecule has 0 spiro atoms. The van der Waals surface area contributed by atoms with Crippen LogP contribution in [0, 0.1) is 0 Å². The number of halogens is 4. The van der Waals surface area contributed by atoms with E-state index in [4.69, 9.17) is 14.2 Å². The van der Waals surface area contributed by atoms with Gasteiger partial charge in [0.25, 0.3) is 0 Å². The van der Waals surface area contributed by atoms with E-state index in [0.717, 1.165) is 0 Å². The van der Waals surface area contributed by atoms with Gasteiger partial charge in [0, 0.05) is 19.7 Å². The van der Waals surface area contributed by atoms with E-state index in [-0.39, 0.29) is 37.3 Å². The Kier molecular flexibility index (Phi) is 8.22. The summed E-state index contributed by atoms with van der Waals surface area (Å²) in [4.78, 5) is 3.83. The van der Waals surface area contributed by atoms with E-state index < -0.39 is 12.6 Å². The normalized spacial score (nSPS) is 13.2. The van der Waals surface area contributed by atoms with Crippen LogP contribution in [0.2, 0.25) is 0 Å². The summed E-state index contributed by atoms with van der Waals surface area (Å²) < 4.78 is 52.1. The molecule has 1 aromatic rings. The highest BCUT2D eigenvalue weighted by molar-refractivity contribution is 14.0. The number of nitrogens with zero attached hydrogens (tertiary/aromatic N) is 1.